The lowest BCUT2D eigenvalue weighted by Gasteiger charge is -2.02. The van der Waals surface area contributed by atoms with E-state index in [4.69, 9.17) is 5.11 Å². The quantitative estimate of drug-likeness (QED) is 0.235. The van der Waals surface area contributed by atoms with E-state index in [1.54, 1.807) is 29.1 Å². The molecular weight excluding hydrogens is 436 g/mol. The van der Waals surface area contributed by atoms with Crippen molar-refractivity contribution >= 4 is 29.3 Å². The van der Waals surface area contributed by atoms with E-state index in [0.717, 1.165) is 5.69 Å². The summed E-state index contributed by atoms with van der Waals surface area (Å²) < 4.78 is 1.64. The second-order valence-electron chi connectivity index (χ2n) is 7.23. The molecule has 0 aliphatic rings. The molecule has 0 bridgehead atoms. The number of amides is 1. The van der Waals surface area contributed by atoms with E-state index >= 15 is 0 Å². The number of nitro benzene ring substituents is 1. The lowest BCUT2D eigenvalue weighted by molar-refractivity contribution is -0.384. The predicted octanol–water partition coefficient (Wildman–Crippen LogP) is 4.80. The van der Waals surface area contributed by atoms with Crippen LogP contribution in [0.15, 0.2) is 91.1 Å². The molecule has 0 radical (unpaired) electrons. The summed E-state index contributed by atoms with van der Waals surface area (Å²) in [7, 11) is 0. The Morgan fingerprint density at radius 3 is 2.41 bits per heavy atom. The summed E-state index contributed by atoms with van der Waals surface area (Å²) in [6.07, 6.45) is 4.62. The number of nitro groups is 1. The Hall–Kier alpha value is -5.05. The van der Waals surface area contributed by atoms with Crippen LogP contribution in [-0.2, 0) is 4.79 Å². The molecule has 9 heteroatoms. The highest BCUT2D eigenvalue weighted by atomic mass is 16.6. The van der Waals surface area contributed by atoms with Gasteiger partial charge in [0.15, 0.2) is 0 Å². The van der Waals surface area contributed by atoms with Crippen LogP contribution in [0, 0.1) is 10.1 Å². The normalized spacial score (nSPS) is 10.8. The number of para-hydroxylation sites is 1. The van der Waals surface area contributed by atoms with Gasteiger partial charge in [-0.2, -0.15) is 5.10 Å². The van der Waals surface area contributed by atoms with Gasteiger partial charge in [0.2, 0.25) is 5.91 Å². The molecule has 0 aliphatic carbocycles. The van der Waals surface area contributed by atoms with Gasteiger partial charge in [0.05, 0.1) is 16.2 Å². The molecule has 0 saturated heterocycles. The molecule has 0 aliphatic heterocycles. The number of anilines is 1. The van der Waals surface area contributed by atoms with E-state index in [0.29, 0.717) is 22.5 Å². The zero-order valence-corrected chi connectivity index (χ0v) is 17.7. The van der Waals surface area contributed by atoms with Crippen LogP contribution in [0.5, 0.6) is 0 Å². The van der Waals surface area contributed by atoms with E-state index in [1.807, 2.05) is 30.3 Å². The summed E-state index contributed by atoms with van der Waals surface area (Å²) in [4.78, 5) is 34.2. The third-order valence-corrected chi connectivity index (χ3v) is 4.91. The van der Waals surface area contributed by atoms with Crippen molar-refractivity contribution in [3.8, 4) is 16.9 Å². The van der Waals surface area contributed by atoms with E-state index in [-0.39, 0.29) is 11.3 Å². The first-order valence-corrected chi connectivity index (χ1v) is 10.1. The number of rotatable bonds is 7. The largest absolute Gasteiger partial charge is 0.478 e. The summed E-state index contributed by atoms with van der Waals surface area (Å²) in [5, 5.41) is 27.5. The number of carbonyl (C=O) groups is 2. The summed E-state index contributed by atoms with van der Waals surface area (Å²) in [6.45, 7) is 0. The van der Waals surface area contributed by atoms with Crippen LogP contribution >= 0.6 is 0 Å². The molecule has 4 aromatic rings. The average molecular weight is 454 g/mol. The molecule has 0 unspecified atom stereocenters. The average Bonchev–Trinajstić information content (AvgIpc) is 3.28. The van der Waals surface area contributed by atoms with Crippen LogP contribution in [0.2, 0.25) is 0 Å². The minimum Gasteiger partial charge on any atom is -0.478 e. The molecule has 0 spiro atoms. The lowest BCUT2D eigenvalue weighted by Crippen LogP contribution is -2.08. The van der Waals surface area contributed by atoms with E-state index in [2.05, 4.69) is 10.4 Å². The van der Waals surface area contributed by atoms with Gasteiger partial charge in [-0.1, -0.05) is 30.3 Å². The van der Waals surface area contributed by atoms with Crippen LogP contribution in [0.1, 0.15) is 15.9 Å². The van der Waals surface area contributed by atoms with E-state index in [9.17, 15) is 19.7 Å². The van der Waals surface area contributed by atoms with Crippen molar-refractivity contribution < 1.29 is 19.6 Å². The molecule has 3 aromatic carbocycles. The monoisotopic (exact) mass is 454 g/mol. The van der Waals surface area contributed by atoms with Gasteiger partial charge in [0, 0.05) is 41.2 Å². The molecule has 1 amide bonds. The van der Waals surface area contributed by atoms with Crippen LogP contribution < -0.4 is 5.32 Å². The van der Waals surface area contributed by atoms with Crippen molar-refractivity contribution in [1.82, 2.24) is 9.78 Å². The van der Waals surface area contributed by atoms with Crippen LogP contribution in [0.25, 0.3) is 23.0 Å². The van der Waals surface area contributed by atoms with Gasteiger partial charge in [-0.25, -0.2) is 9.48 Å². The molecule has 0 atom stereocenters. The maximum absolute atomic E-state index is 12.4. The van der Waals surface area contributed by atoms with Gasteiger partial charge in [0.25, 0.3) is 5.69 Å². The van der Waals surface area contributed by atoms with Crippen molar-refractivity contribution in [2.24, 2.45) is 0 Å². The molecule has 0 saturated carbocycles. The number of nitrogens with one attached hydrogen (secondary N) is 1. The summed E-state index contributed by atoms with van der Waals surface area (Å²) >= 11 is 0. The molecule has 168 valence electrons. The van der Waals surface area contributed by atoms with Gasteiger partial charge in [-0.15, -0.1) is 0 Å². The second kappa shape index (κ2) is 9.61. The van der Waals surface area contributed by atoms with Crippen molar-refractivity contribution in [2.75, 3.05) is 5.32 Å². The summed E-state index contributed by atoms with van der Waals surface area (Å²) in [5.41, 5.74) is 2.87. The highest BCUT2D eigenvalue weighted by molar-refractivity contribution is 6.02. The third-order valence-electron chi connectivity index (χ3n) is 4.91. The first-order valence-electron chi connectivity index (χ1n) is 10.1. The topological polar surface area (TPSA) is 127 Å². The van der Waals surface area contributed by atoms with Gasteiger partial charge >= 0.3 is 5.97 Å². The standard InChI is InChI=1S/C25H18N4O5/c30-23(26-20-12-9-17(10-13-20)25(31)32)14-11-19-16-28(21-6-2-1-3-7-21)27-24(19)18-5-4-8-22(15-18)29(33)34/h1-16H,(H,26,30)(H,31,32). The highest BCUT2D eigenvalue weighted by Gasteiger charge is 2.14. The number of aromatic nitrogens is 2. The Labute approximate surface area is 193 Å². The predicted molar refractivity (Wildman–Crippen MR) is 127 cm³/mol. The van der Waals surface area contributed by atoms with Crippen LogP contribution in [-0.4, -0.2) is 31.7 Å². The summed E-state index contributed by atoms with van der Waals surface area (Å²) in [5.74, 6) is -1.48. The maximum Gasteiger partial charge on any atom is 0.335 e. The van der Waals surface area contributed by atoms with Gasteiger partial charge < -0.3 is 10.4 Å². The summed E-state index contributed by atoms with van der Waals surface area (Å²) in [6, 6.07) is 21.2. The molecule has 9 nitrogen and oxygen atoms in total. The fraction of sp³-hybridized carbons (Fsp3) is 0. The SMILES string of the molecule is O=C(C=Cc1cn(-c2ccccc2)nc1-c1cccc([N+](=O)[O-])c1)Nc1ccc(C(=O)O)cc1. The molecule has 1 heterocycles. The fourth-order valence-corrected chi connectivity index (χ4v) is 3.26. The first kappa shape index (κ1) is 22.2. The number of non-ortho nitro benzene ring substituents is 1. The Morgan fingerprint density at radius 1 is 1.00 bits per heavy atom. The van der Waals surface area contributed by atoms with Crippen molar-refractivity contribution in [3.05, 3.63) is 112 Å². The smallest absolute Gasteiger partial charge is 0.335 e. The third kappa shape index (κ3) is 5.05. The zero-order chi connectivity index (χ0) is 24.1. The minimum absolute atomic E-state index is 0.0655. The van der Waals surface area contributed by atoms with Gasteiger partial charge in [0.1, 0.15) is 5.69 Å². The Bertz CT molecular complexity index is 1390. The highest BCUT2D eigenvalue weighted by Crippen LogP contribution is 2.27. The first-order chi connectivity index (χ1) is 16.4. The molecular formula is C25H18N4O5. The number of aromatic carboxylic acids is 1. The number of benzene rings is 3. The van der Waals surface area contributed by atoms with E-state index in [1.165, 1.54) is 42.5 Å². The Kier molecular flexibility index (Phi) is 6.26. The molecule has 0 fully saturated rings. The molecule has 4 rings (SSSR count). The molecule has 2 N–H and O–H groups in total. The number of hydrogen-bond donors (Lipinski definition) is 2. The maximum atomic E-state index is 12.4. The number of carbonyl (C=O) groups excluding carboxylic acids is 1. The second-order valence-corrected chi connectivity index (χ2v) is 7.23. The van der Waals surface area contributed by atoms with E-state index < -0.39 is 16.8 Å². The molecule has 34 heavy (non-hydrogen) atoms. The number of carboxylic acid groups (broad SMARTS) is 1. The van der Waals surface area contributed by atoms with Gasteiger partial charge in [-0.05, 0) is 42.5 Å². The van der Waals surface area contributed by atoms with Crippen molar-refractivity contribution in [1.29, 1.82) is 0 Å². The minimum atomic E-state index is -1.05. The fourth-order valence-electron chi connectivity index (χ4n) is 3.26. The molecule has 1 aromatic heterocycles. The Balaban J connectivity index is 1.64. The zero-order valence-electron chi connectivity index (χ0n) is 17.7. The Morgan fingerprint density at radius 2 is 1.74 bits per heavy atom. The van der Waals surface area contributed by atoms with Crippen molar-refractivity contribution in [3.63, 3.8) is 0 Å². The van der Waals surface area contributed by atoms with Crippen LogP contribution in [0.4, 0.5) is 11.4 Å². The lowest BCUT2D eigenvalue weighted by atomic mass is 10.1. The number of nitrogens with zero attached hydrogens (tertiary/aromatic N) is 3. The number of hydrogen-bond acceptors (Lipinski definition) is 5. The van der Waals surface area contributed by atoms with Crippen molar-refractivity contribution in [2.45, 2.75) is 0 Å². The van der Waals surface area contributed by atoms with Gasteiger partial charge in [-0.3, -0.25) is 14.9 Å². The number of carboxylic acids is 1. The van der Waals surface area contributed by atoms with Crippen LogP contribution in [0.3, 0.4) is 0 Å².